The minimum absolute atomic E-state index is 0.879. The van der Waals surface area contributed by atoms with Crippen LogP contribution in [-0.4, -0.2) is 40.1 Å². The molecule has 0 aliphatic rings. The summed E-state index contributed by atoms with van der Waals surface area (Å²) in [4.78, 5) is 6.65. The molecular weight excluding hydrogens is 284 g/mol. The summed E-state index contributed by atoms with van der Waals surface area (Å²) in [6, 6.07) is 14.1. The number of benzene rings is 1. The van der Waals surface area contributed by atoms with Gasteiger partial charge in [0.25, 0.3) is 0 Å². The van der Waals surface area contributed by atoms with E-state index < -0.39 is 0 Å². The van der Waals surface area contributed by atoms with E-state index in [0.29, 0.717) is 0 Å². The molecule has 0 aliphatic heterocycles. The van der Waals surface area contributed by atoms with E-state index in [9.17, 15) is 0 Å². The first-order valence-corrected chi connectivity index (χ1v) is 8.13. The minimum Gasteiger partial charge on any atom is -0.310 e. The molecule has 0 saturated heterocycles. The Morgan fingerprint density at radius 1 is 1.00 bits per heavy atom. The summed E-state index contributed by atoms with van der Waals surface area (Å²) in [5.41, 5.74) is 3.94. The van der Waals surface area contributed by atoms with Crippen molar-refractivity contribution < 1.29 is 0 Å². The Balaban J connectivity index is 0.000000327. The van der Waals surface area contributed by atoms with Gasteiger partial charge in [-0.2, -0.15) is 5.10 Å². The maximum Gasteiger partial charge on any atom is 0.154 e. The predicted octanol–water partition coefficient (Wildman–Crippen LogP) is 4.30. The topological polar surface area (TPSA) is 33.4 Å². The highest BCUT2D eigenvalue weighted by atomic mass is 15.2. The van der Waals surface area contributed by atoms with Crippen molar-refractivity contribution in [2.75, 3.05) is 20.6 Å². The van der Waals surface area contributed by atoms with Crippen molar-refractivity contribution in [3.8, 4) is 11.3 Å². The third-order valence-corrected chi connectivity index (χ3v) is 3.16. The zero-order valence-electron chi connectivity index (χ0n) is 15.1. The predicted molar refractivity (Wildman–Crippen MR) is 98.7 cm³/mol. The van der Waals surface area contributed by atoms with Crippen LogP contribution in [0.2, 0.25) is 0 Å². The van der Waals surface area contributed by atoms with E-state index in [0.717, 1.165) is 29.1 Å². The number of fused-ring (bicyclic) bond motifs is 1. The third-order valence-electron chi connectivity index (χ3n) is 3.16. The number of aryl methyl sites for hydroxylation is 1. The van der Waals surface area contributed by atoms with Crippen LogP contribution in [0.5, 0.6) is 0 Å². The first kappa shape index (κ1) is 18.8. The molecule has 23 heavy (non-hydrogen) atoms. The van der Waals surface area contributed by atoms with Crippen LogP contribution < -0.4 is 0 Å². The molecule has 0 aliphatic carbocycles. The normalized spacial score (nSPS) is 9.87. The Morgan fingerprint density at radius 3 is 2.17 bits per heavy atom. The van der Waals surface area contributed by atoms with Gasteiger partial charge in [-0.25, -0.2) is 9.50 Å². The fraction of sp³-hybridized carbons (Fsp3) is 0.368. The molecule has 0 amide bonds. The molecule has 0 atom stereocenters. The standard InChI is InChI=1S/C13H11N3.C4H11N.C2H6/c1-10-7-8-13-14-12(9-16(13)15-10)11-5-3-2-4-6-11;1-4-5(2)3;1-2/h2-9H,1H3;4H2,1-3H3;1-2H3. The first-order chi connectivity index (χ1) is 11.1. The summed E-state index contributed by atoms with van der Waals surface area (Å²) in [5, 5.41) is 4.38. The lowest BCUT2D eigenvalue weighted by atomic mass is 10.2. The Labute approximate surface area is 139 Å². The van der Waals surface area contributed by atoms with Crippen molar-refractivity contribution in [3.63, 3.8) is 0 Å². The number of hydrogen-bond donors (Lipinski definition) is 0. The summed E-state index contributed by atoms with van der Waals surface area (Å²) in [6.45, 7) is 9.24. The van der Waals surface area contributed by atoms with Crippen LogP contribution in [0, 0.1) is 6.92 Å². The summed E-state index contributed by atoms with van der Waals surface area (Å²) < 4.78 is 1.82. The van der Waals surface area contributed by atoms with Gasteiger partial charge < -0.3 is 4.90 Å². The van der Waals surface area contributed by atoms with Crippen LogP contribution in [0.15, 0.2) is 48.7 Å². The lowest BCUT2D eigenvalue weighted by molar-refractivity contribution is 0.434. The van der Waals surface area contributed by atoms with Gasteiger partial charge in [0.05, 0.1) is 17.6 Å². The molecule has 2 aromatic heterocycles. The molecule has 1 aromatic carbocycles. The van der Waals surface area contributed by atoms with Gasteiger partial charge >= 0.3 is 0 Å². The fourth-order valence-corrected chi connectivity index (χ4v) is 1.73. The molecule has 0 fully saturated rings. The molecule has 4 nitrogen and oxygen atoms in total. The van der Waals surface area contributed by atoms with Crippen LogP contribution in [0.25, 0.3) is 16.9 Å². The molecule has 0 saturated carbocycles. The van der Waals surface area contributed by atoms with Crippen molar-refractivity contribution in [3.05, 3.63) is 54.4 Å². The number of hydrogen-bond acceptors (Lipinski definition) is 3. The van der Waals surface area contributed by atoms with E-state index in [1.54, 1.807) is 0 Å². The largest absolute Gasteiger partial charge is 0.310 e. The molecule has 0 bridgehead atoms. The summed E-state index contributed by atoms with van der Waals surface area (Å²) >= 11 is 0. The first-order valence-electron chi connectivity index (χ1n) is 8.13. The van der Waals surface area contributed by atoms with E-state index in [1.165, 1.54) is 0 Å². The van der Waals surface area contributed by atoms with Crippen LogP contribution >= 0.6 is 0 Å². The molecule has 3 rings (SSSR count). The minimum atomic E-state index is 0.879. The second kappa shape index (κ2) is 9.74. The maximum absolute atomic E-state index is 4.52. The molecule has 0 spiro atoms. The van der Waals surface area contributed by atoms with Crippen molar-refractivity contribution in [2.24, 2.45) is 0 Å². The van der Waals surface area contributed by atoms with Gasteiger partial charge in [-0.05, 0) is 39.7 Å². The molecule has 124 valence electrons. The van der Waals surface area contributed by atoms with Gasteiger partial charge in [0.1, 0.15) is 0 Å². The fourth-order valence-electron chi connectivity index (χ4n) is 1.73. The number of nitrogens with zero attached hydrogens (tertiary/aromatic N) is 4. The van der Waals surface area contributed by atoms with Crippen molar-refractivity contribution in [1.29, 1.82) is 0 Å². The molecule has 0 N–H and O–H groups in total. The summed E-state index contributed by atoms with van der Waals surface area (Å²) in [7, 11) is 4.11. The Morgan fingerprint density at radius 2 is 1.61 bits per heavy atom. The number of aromatic nitrogens is 3. The van der Waals surface area contributed by atoms with Crippen molar-refractivity contribution in [1.82, 2.24) is 19.5 Å². The molecule has 0 unspecified atom stereocenters. The van der Waals surface area contributed by atoms with E-state index in [1.807, 2.05) is 61.8 Å². The Bertz CT molecular complexity index is 687. The maximum atomic E-state index is 4.52. The van der Waals surface area contributed by atoms with Gasteiger partial charge in [-0.3, -0.25) is 0 Å². The summed E-state index contributed by atoms with van der Waals surface area (Å²) in [6.07, 6.45) is 1.96. The second-order valence-electron chi connectivity index (χ2n) is 5.17. The SMILES string of the molecule is CC.CCN(C)C.Cc1ccc2nc(-c3ccccc3)cn2n1. The van der Waals surface area contributed by atoms with Gasteiger partial charge in [-0.1, -0.05) is 51.1 Å². The average molecular weight is 312 g/mol. The Kier molecular flexibility index (Phi) is 7.98. The highest BCUT2D eigenvalue weighted by Crippen LogP contribution is 2.17. The third kappa shape index (κ3) is 5.83. The van der Waals surface area contributed by atoms with Gasteiger partial charge in [-0.15, -0.1) is 0 Å². The average Bonchev–Trinajstić information content (AvgIpc) is 3.01. The zero-order chi connectivity index (χ0) is 17.2. The van der Waals surface area contributed by atoms with E-state index in [2.05, 4.69) is 48.1 Å². The summed E-state index contributed by atoms with van der Waals surface area (Å²) in [5.74, 6) is 0. The van der Waals surface area contributed by atoms with Crippen LogP contribution in [0.1, 0.15) is 26.5 Å². The smallest absolute Gasteiger partial charge is 0.154 e. The van der Waals surface area contributed by atoms with Crippen LogP contribution in [0.3, 0.4) is 0 Å². The van der Waals surface area contributed by atoms with Gasteiger partial charge in [0, 0.05) is 5.56 Å². The number of imidazole rings is 1. The van der Waals surface area contributed by atoms with E-state index in [-0.39, 0.29) is 0 Å². The highest BCUT2D eigenvalue weighted by molar-refractivity contribution is 5.61. The molecular formula is C19H28N4. The van der Waals surface area contributed by atoms with Gasteiger partial charge in [0.15, 0.2) is 5.65 Å². The van der Waals surface area contributed by atoms with E-state index >= 15 is 0 Å². The lowest BCUT2D eigenvalue weighted by Gasteiger charge is -2.00. The van der Waals surface area contributed by atoms with Crippen molar-refractivity contribution in [2.45, 2.75) is 27.7 Å². The van der Waals surface area contributed by atoms with Crippen LogP contribution in [0.4, 0.5) is 0 Å². The number of rotatable bonds is 2. The second-order valence-corrected chi connectivity index (χ2v) is 5.17. The zero-order valence-corrected chi connectivity index (χ0v) is 15.1. The van der Waals surface area contributed by atoms with Crippen LogP contribution in [-0.2, 0) is 0 Å². The molecule has 4 heteroatoms. The lowest BCUT2D eigenvalue weighted by Crippen LogP contribution is -2.08. The van der Waals surface area contributed by atoms with E-state index in [4.69, 9.17) is 0 Å². The quantitative estimate of drug-likeness (QED) is 0.707. The van der Waals surface area contributed by atoms with Crippen molar-refractivity contribution >= 4 is 5.65 Å². The highest BCUT2D eigenvalue weighted by Gasteiger charge is 2.03. The molecule has 3 aromatic rings. The molecule has 0 radical (unpaired) electrons. The Hall–Kier alpha value is -2.20. The monoisotopic (exact) mass is 312 g/mol. The molecule has 2 heterocycles. The van der Waals surface area contributed by atoms with Gasteiger partial charge in [0.2, 0.25) is 0 Å².